The number of rotatable bonds is 0. The summed E-state index contributed by atoms with van der Waals surface area (Å²) in [6, 6.07) is 6.14. The van der Waals surface area contributed by atoms with Gasteiger partial charge in [-0.3, -0.25) is 0 Å². The summed E-state index contributed by atoms with van der Waals surface area (Å²) >= 11 is 3.45. The second-order valence-corrected chi connectivity index (χ2v) is 3.69. The topological polar surface area (TPSA) is 0 Å². The van der Waals surface area contributed by atoms with E-state index in [2.05, 4.69) is 23.8 Å². The van der Waals surface area contributed by atoms with Crippen molar-refractivity contribution in [2.45, 2.75) is 6.92 Å². The van der Waals surface area contributed by atoms with Crippen LogP contribution in [0.2, 0.25) is 0 Å². The summed E-state index contributed by atoms with van der Waals surface area (Å²) in [6.45, 7) is 2.09. The van der Waals surface area contributed by atoms with Gasteiger partial charge in [-0.15, -0.1) is 0 Å². The third-order valence-corrected chi connectivity index (χ3v) is 2.52. The third kappa shape index (κ3) is 3.96. The first-order chi connectivity index (χ1) is 5.39. The Kier molecular flexibility index (Phi) is 3.94. The van der Waals surface area contributed by atoms with Crippen LogP contribution in [0.15, 0.2) is 39.7 Å². The molecular formula is C9H10S2. The highest BCUT2D eigenvalue weighted by molar-refractivity contribution is 7.08. The molecule has 0 N–H and O–H groups in total. The normalized spacial score (nSPS) is 8.45. The van der Waals surface area contributed by atoms with Crippen molar-refractivity contribution in [2.24, 2.45) is 0 Å². The average molecular weight is 182 g/mol. The molecule has 0 fully saturated rings. The first-order valence-electron chi connectivity index (χ1n) is 3.35. The van der Waals surface area contributed by atoms with E-state index < -0.39 is 0 Å². The van der Waals surface area contributed by atoms with Crippen molar-refractivity contribution in [2.75, 3.05) is 0 Å². The molecule has 0 amide bonds. The molecule has 0 unspecified atom stereocenters. The molecule has 2 aromatic heterocycles. The van der Waals surface area contributed by atoms with Gasteiger partial charge in [0.25, 0.3) is 0 Å². The quantitative estimate of drug-likeness (QED) is 0.581. The Labute approximate surface area is 75.1 Å². The van der Waals surface area contributed by atoms with E-state index >= 15 is 0 Å². The van der Waals surface area contributed by atoms with Crippen LogP contribution in [0.5, 0.6) is 0 Å². The van der Waals surface area contributed by atoms with Crippen molar-refractivity contribution in [3.8, 4) is 0 Å². The Morgan fingerprint density at radius 1 is 1.00 bits per heavy atom. The molecule has 0 aromatic carbocycles. The average Bonchev–Trinajstić information content (AvgIpc) is 2.57. The number of hydrogen-bond acceptors (Lipinski definition) is 2. The van der Waals surface area contributed by atoms with Crippen LogP contribution in [0, 0.1) is 6.92 Å². The van der Waals surface area contributed by atoms with E-state index in [1.807, 2.05) is 22.9 Å². The maximum atomic E-state index is 2.12. The molecule has 0 aliphatic carbocycles. The van der Waals surface area contributed by atoms with E-state index in [9.17, 15) is 0 Å². The van der Waals surface area contributed by atoms with Gasteiger partial charge in [-0.05, 0) is 40.1 Å². The van der Waals surface area contributed by atoms with Crippen molar-refractivity contribution < 1.29 is 0 Å². The van der Waals surface area contributed by atoms with Crippen LogP contribution < -0.4 is 0 Å². The van der Waals surface area contributed by atoms with Gasteiger partial charge in [-0.1, -0.05) is 12.1 Å². The van der Waals surface area contributed by atoms with Gasteiger partial charge in [-0.2, -0.15) is 22.7 Å². The molecule has 2 rings (SSSR count). The zero-order valence-corrected chi connectivity index (χ0v) is 7.99. The zero-order chi connectivity index (χ0) is 7.94. The second kappa shape index (κ2) is 5.10. The SMILES string of the molecule is Cc1ccsc1.c1ccsc1. The molecule has 0 radical (unpaired) electrons. The highest BCUT2D eigenvalue weighted by Gasteiger charge is 1.74. The third-order valence-electron chi connectivity index (χ3n) is 1.09. The van der Waals surface area contributed by atoms with Crippen LogP contribution in [-0.4, -0.2) is 0 Å². The van der Waals surface area contributed by atoms with Crippen LogP contribution in [0.4, 0.5) is 0 Å². The van der Waals surface area contributed by atoms with Crippen molar-refractivity contribution >= 4 is 22.7 Å². The summed E-state index contributed by atoms with van der Waals surface area (Å²) < 4.78 is 0. The number of thiophene rings is 2. The van der Waals surface area contributed by atoms with Gasteiger partial charge in [0, 0.05) is 0 Å². The van der Waals surface area contributed by atoms with Crippen LogP contribution in [-0.2, 0) is 0 Å². The summed E-state index contributed by atoms with van der Waals surface area (Å²) in [6.07, 6.45) is 0. The minimum Gasteiger partial charge on any atom is -0.152 e. The highest BCUT2D eigenvalue weighted by Crippen LogP contribution is 2.01. The van der Waals surface area contributed by atoms with E-state index in [1.165, 1.54) is 5.56 Å². The minimum atomic E-state index is 1.36. The molecule has 0 saturated carbocycles. The lowest BCUT2D eigenvalue weighted by atomic mass is 10.4. The van der Waals surface area contributed by atoms with Crippen molar-refractivity contribution in [1.82, 2.24) is 0 Å². The Morgan fingerprint density at radius 2 is 1.73 bits per heavy atom. The van der Waals surface area contributed by atoms with Gasteiger partial charge < -0.3 is 0 Å². The van der Waals surface area contributed by atoms with Gasteiger partial charge in [0.1, 0.15) is 0 Å². The number of aryl methyl sites for hydroxylation is 1. The van der Waals surface area contributed by atoms with E-state index in [1.54, 1.807) is 22.7 Å². The van der Waals surface area contributed by atoms with E-state index in [0.717, 1.165) is 0 Å². The van der Waals surface area contributed by atoms with Crippen molar-refractivity contribution in [3.05, 3.63) is 45.3 Å². The minimum absolute atomic E-state index is 1.36. The van der Waals surface area contributed by atoms with Gasteiger partial charge in [-0.25, -0.2) is 0 Å². The summed E-state index contributed by atoms with van der Waals surface area (Å²) in [4.78, 5) is 0. The fourth-order valence-electron chi connectivity index (χ4n) is 0.559. The zero-order valence-electron chi connectivity index (χ0n) is 6.36. The standard InChI is InChI=1S/C5H6S.C4H4S/c1-5-2-3-6-4-5;1-2-4-5-3-1/h2-4H,1H3;1-4H. The first-order valence-corrected chi connectivity index (χ1v) is 5.24. The van der Waals surface area contributed by atoms with Crippen molar-refractivity contribution in [1.29, 1.82) is 0 Å². The summed E-state index contributed by atoms with van der Waals surface area (Å²) in [5.74, 6) is 0. The Hall–Kier alpha value is -0.600. The molecule has 0 saturated heterocycles. The van der Waals surface area contributed by atoms with E-state index in [0.29, 0.717) is 0 Å². The van der Waals surface area contributed by atoms with Gasteiger partial charge in [0.15, 0.2) is 0 Å². The summed E-state index contributed by atoms with van der Waals surface area (Å²) in [5, 5.41) is 8.29. The molecular weight excluding hydrogens is 172 g/mol. The van der Waals surface area contributed by atoms with Crippen LogP contribution in [0.3, 0.4) is 0 Å². The van der Waals surface area contributed by atoms with E-state index in [4.69, 9.17) is 0 Å². The molecule has 58 valence electrons. The summed E-state index contributed by atoms with van der Waals surface area (Å²) in [5.41, 5.74) is 1.36. The lowest BCUT2D eigenvalue weighted by Crippen LogP contribution is -1.47. The maximum Gasteiger partial charge on any atom is -0.00641 e. The fraction of sp³-hybridized carbons (Fsp3) is 0.111. The monoisotopic (exact) mass is 182 g/mol. The lowest BCUT2D eigenvalue weighted by Gasteiger charge is -1.65. The number of hydrogen-bond donors (Lipinski definition) is 0. The predicted molar refractivity (Wildman–Crippen MR) is 53.4 cm³/mol. The smallest absolute Gasteiger partial charge is 0.00641 e. The Morgan fingerprint density at radius 3 is 1.91 bits per heavy atom. The van der Waals surface area contributed by atoms with Crippen LogP contribution >= 0.6 is 22.7 Å². The molecule has 0 atom stereocenters. The Bertz CT molecular complexity index is 226. The first kappa shape index (κ1) is 8.50. The molecule has 0 aliphatic rings. The summed E-state index contributed by atoms with van der Waals surface area (Å²) in [7, 11) is 0. The molecule has 0 spiro atoms. The lowest BCUT2D eigenvalue weighted by molar-refractivity contribution is 1.56. The molecule has 11 heavy (non-hydrogen) atoms. The molecule has 0 bridgehead atoms. The molecule has 0 nitrogen and oxygen atoms in total. The molecule has 2 aromatic rings. The second-order valence-electron chi connectivity index (χ2n) is 2.09. The maximum absolute atomic E-state index is 2.12. The molecule has 0 aliphatic heterocycles. The fourth-order valence-corrected chi connectivity index (χ4v) is 1.68. The predicted octanol–water partition coefficient (Wildman–Crippen LogP) is 3.80. The highest BCUT2D eigenvalue weighted by atomic mass is 32.1. The Balaban J connectivity index is 0.000000112. The van der Waals surface area contributed by atoms with Gasteiger partial charge in [0.2, 0.25) is 0 Å². The van der Waals surface area contributed by atoms with Crippen LogP contribution in [0.1, 0.15) is 5.56 Å². The molecule has 2 heteroatoms. The largest absolute Gasteiger partial charge is 0.152 e. The molecule has 2 heterocycles. The van der Waals surface area contributed by atoms with Crippen molar-refractivity contribution in [3.63, 3.8) is 0 Å². The van der Waals surface area contributed by atoms with Gasteiger partial charge >= 0.3 is 0 Å². The van der Waals surface area contributed by atoms with Crippen LogP contribution in [0.25, 0.3) is 0 Å². The van der Waals surface area contributed by atoms with E-state index in [-0.39, 0.29) is 0 Å². The van der Waals surface area contributed by atoms with Gasteiger partial charge in [0.05, 0.1) is 0 Å².